The van der Waals surface area contributed by atoms with Crippen LogP contribution in [0.3, 0.4) is 0 Å². The van der Waals surface area contributed by atoms with Crippen LogP contribution in [-0.4, -0.2) is 49.9 Å². The van der Waals surface area contributed by atoms with E-state index in [1.165, 1.54) is 25.3 Å². The number of aryl methyl sites for hydroxylation is 1. The molecule has 2 N–H and O–H groups in total. The van der Waals surface area contributed by atoms with Crippen LogP contribution in [0.1, 0.15) is 34.8 Å². The number of anilines is 1. The van der Waals surface area contributed by atoms with Gasteiger partial charge in [-0.2, -0.15) is 13.2 Å². The molecule has 3 aromatic rings. The Bertz CT molecular complexity index is 1540. The van der Waals surface area contributed by atoms with E-state index in [1.807, 2.05) is 6.92 Å². The standard InChI is InChI=1S/C26H25ClF4N4O4S/c1-3-35-9-7-18(14-35)34-40(37,38)24-11-17(6-8-32-24)33-25(36)19-12-21(27)20(26(29,30)31)13-23(19)39-22-5-4-16(28)10-15(22)2/h4-6,8,10-13,18,34H,3,7,9,14H2,1-2H3,(H,32,33,36)/t18-/m0/s1. The molecule has 1 aliphatic heterocycles. The highest BCUT2D eigenvalue weighted by Gasteiger charge is 2.35. The van der Waals surface area contributed by atoms with E-state index in [0.717, 1.165) is 37.4 Å². The van der Waals surface area contributed by atoms with Crippen LogP contribution in [0, 0.1) is 12.7 Å². The third-order valence-corrected chi connectivity index (χ3v) is 8.02. The number of hydrogen-bond donors (Lipinski definition) is 2. The fraction of sp³-hybridized carbons (Fsp3) is 0.308. The highest BCUT2D eigenvalue weighted by atomic mass is 35.5. The van der Waals surface area contributed by atoms with E-state index in [1.54, 1.807) is 0 Å². The Morgan fingerprint density at radius 1 is 1.18 bits per heavy atom. The summed E-state index contributed by atoms with van der Waals surface area (Å²) >= 11 is 5.87. The number of benzene rings is 2. The van der Waals surface area contributed by atoms with Crippen LogP contribution in [0.2, 0.25) is 5.02 Å². The monoisotopic (exact) mass is 600 g/mol. The average molecular weight is 601 g/mol. The second kappa shape index (κ2) is 11.7. The number of amides is 1. The molecule has 0 unspecified atom stereocenters. The molecule has 14 heteroatoms. The molecular weight excluding hydrogens is 576 g/mol. The van der Waals surface area contributed by atoms with Gasteiger partial charge in [0.15, 0.2) is 5.03 Å². The molecule has 0 saturated carbocycles. The molecule has 214 valence electrons. The quantitative estimate of drug-likeness (QED) is 0.326. The van der Waals surface area contributed by atoms with E-state index in [9.17, 15) is 30.8 Å². The molecule has 0 radical (unpaired) electrons. The van der Waals surface area contributed by atoms with E-state index >= 15 is 0 Å². The molecule has 1 amide bonds. The Hall–Kier alpha value is -3.26. The number of halogens is 5. The first-order chi connectivity index (χ1) is 18.8. The van der Waals surface area contributed by atoms with Crippen LogP contribution < -0.4 is 14.8 Å². The zero-order chi connectivity index (χ0) is 29.2. The highest BCUT2D eigenvalue weighted by molar-refractivity contribution is 7.89. The van der Waals surface area contributed by atoms with Crippen LogP contribution in [0.5, 0.6) is 11.5 Å². The zero-order valence-corrected chi connectivity index (χ0v) is 22.9. The molecule has 1 aliphatic rings. The van der Waals surface area contributed by atoms with Crippen LogP contribution in [-0.2, 0) is 16.2 Å². The van der Waals surface area contributed by atoms with Crippen LogP contribution in [0.4, 0.5) is 23.2 Å². The van der Waals surface area contributed by atoms with Crippen molar-refractivity contribution in [3.8, 4) is 11.5 Å². The molecule has 0 spiro atoms. The van der Waals surface area contributed by atoms with Gasteiger partial charge < -0.3 is 15.0 Å². The van der Waals surface area contributed by atoms with Gasteiger partial charge in [0.25, 0.3) is 15.9 Å². The number of carbonyl (C=O) groups excluding carboxylic acids is 1. The molecular formula is C26H25ClF4N4O4S. The maximum absolute atomic E-state index is 13.6. The Kier molecular flexibility index (Phi) is 8.69. The van der Waals surface area contributed by atoms with Crippen molar-refractivity contribution in [2.24, 2.45) is 0 Å². The summed E-state index contributed by atoms with van der Waals surface area (Å²) < 4.78 is 88.2. The normalized spacial score (nSPS) is 16.2. The number of nitrogens with zero attached hydrogens (tertiary/aromatic N) is 2. The third kappa shape index (κ3) is 6.89. The number of sulfonamides is 1. The smallest absolute Gasteiger partial charge is 0.417 e. The number of rotatable bonds is 8. The highest BCUT2D eigenvalue weighted by Crippen LogP contribution is 2.40. The van der Waals surface area contributed by atoms with Gasteiger partial charge in [-0.05, 0) is 68.4 Å². The number of ether oxygens (including phenoxy) is 1. The lowest BCUT2D eigenvalue weighted by Gasteiger charge is -2.17. The second-order valence-corrected chi connectivity index (χ2v) is 11.2. The van der Waals surface area contributed by atoms with Gasteiger partial charge in [0.2, 0.25) is 0 Å². The number of carbonyl (C=O) groups is 1. The topological polar surface area (TPSA) is 101 Å². The Balaban J connectivity index is 1.62. The molecule has 1 atom stereocenters. The van der Waals surface area contributed by atoms with Gasteiger partial charge >= 0.3 is 6.18 Å². The van der Waals surface area contributed by atoms with Gasteiger partial charge in [0, 0.05) is 30.5 Å². The van der Waals surface area contributed by atoms with Crippen molar-refractivity contribution in [3.05, 3.63) is 76.2 Å². The maximum Gasteiger partial charge on any atom is 0.417 e. The first-order valence-electron chi connectivity index (χ1n) is 12.1. The number of likely N-dealkylation sites (tertiary alicyclic amines) is 1. The Morgan fingerprint density at radius 2 is 1.93 bits per heavy atom. The van der Waals surface area contributed by atoms with Crippen LogP contribution >= 0.6 is 11.6 Å². The molecule has 40 heavy (non-hydrogen) atoms. The molecule has 1 aromatic heterocycles. The SMILES string of the molecule is CCN1CC[C@H](NS(=O)(=O)c2cc(NC(=O)c3cc(Cl)c(C(F)(F)F)cc3Oc3ccc(F)cc3C)ccn2)C1. The lowest BCUT2D eigenvalue weighted by molar-refractivity contribution is -0.137. The second-order valence-electron chi connectivity index (χ2n) is 9.17. The van der Waals surface area contributed by atoms with E-state index in [-0.39, 0.29) is 33.6 Å². The van der Waals surface area contributed by atoms with Crippen molar-refractivity contribution < 1.29 is 35.5 Å². The lowest BCUT2D eigenvalue weighted by Crippen LogP contribution is -2.37. The molecule has 2 aromatic carbocycles. The molecule has 0 bridgehead atoms. The summed E-state index contributed by atoms with van der Waals surface area (Å²) in [5, 5.41) is 1.36. The van der Waals surface area contributed by atoms with Gasteiger partial charge in [-0.1, -0.05) is 18.5 Å². The van der Waals surface area contributed by atoms with Gasteiger partial charge in [-0.3, -0.25) is 4.79 Å². The van der Waals surface area contributed by atoms with Crippen molar-refractivity contribution >= 4 is 33.2 Å². The van der Waals surface area contributed by atoms with Crippen molar-refractivity contribution in [1.29, 1.82) is 0 Å². The summed E-state index contributed by atoms with van der Waals surface area (Å²) in [6.45, 7) is 5.56. The fourth-order valence-electron chi connectivity index (χ4n) is 4.21. The number of likely N-dealkylation sites (N-methyl/N-ethyl adjacent to an activating group) is 1. The minimum absolute atomic E-state index is 0.0157. The summed E-state index contributed by atoms with van der Waals surface area (Å²) in [4.78, 5) is 19.2. The molecule has 2 heterocycles. The fourth-order valence-corrected chi connectivity index (χ4v) is 5.71. The van der Waals surface area contributed by atoms with E-state index in [0.29, 0.717) is 19.0 Å². The molecule has 4 rings (SSSR count). The summed E-state index contributed by atoms with van der Waals surface area (Å²) in [5.41, 5.74) is -1.32. The van der Waals surface area contributed by atoms with Crippen LogP contribution in [0.15, 0.2) is 53.7 Å². The van der Waals surface area contributed by atoms with Gasteiger partial charge in [0.1, 0.15) is 17.3 Å². The summed E-state index contributed by atoms with van der Waals surface area (Å²) in [6, 6.07) is 6.92. The summed E-state index contributed by atoms with van der Waals surface area (Å²) in [6.07, 6.45) is -3.04. The maximum atomic E-state index is 13.6. The van der Waals surface area contributed by atoms with Gasteiger partial charge in [-0.15, -0.1) is 0 Å². The summed E-state index contributed by atoms with van der Waals surface area (Å²) in [7, 11) is -4.02. The van der Waals surface area contributed by atoms with E-state index in [2.05, 4.69) is 19.9 Å². The molecule has 0 aliphatic carbocycles. The first-order valence-corrected chi connectivity index (χ1v) is 14.0. The molecule has 1 fully saturated rings. The van der Waals surface area contributed by atoms with Crippen molar-refractivity contribution in [3.63, 3.8) is 0 Å². The van der Waals surface area contributed by atoms with Crippen molar-refractivity contribution in [2.45, 2.75) is 37.5 Å². The Labute approximate surface area is 233 Å². The van der Waals surface area contributed by atoms with E-state index < -0.39 is 44.3 Å². The van der Waals surface area contributed by atoms with Gasteiger partial charge in [0.05, 0.1) is 16.1 Å². The van der Waals surface area contributed by atoms with E-state index in [4.69, 9.17) is 16.3 Å². The summed E-state index contributed by atoms with van der Waals surface area (Å²) in [5.74, 6) is -1.98. The number of alkyl halides is 3. The first kappa shape index (κ1) is 29.7. The number of hydrogen-bond acceptors (Lipinski definition) is 6. The van der Waals surface area contributed by atoms with Gasteiger partial charge in [-0.25, -0.2) is 22.5 Å². The van der Waals surface area contributed by atoms with Crippen LogP contribution in [0.25, 0.3) is 0 Å². The number of pyridine rings is 1. The zero-order valence-electron chi connectivity index (χ0n) is 21.4. The predicted octanol–water partition coefficient (Wildman–Crippen LogP) is 5.62. The third-order valence-electron chi connectivity index (χ3n) is 6.29. The molecule has 8 nitrogen and oxygen atoms in total. The van der Waals surface area contributed by atoms with Crippen molar-refractivity contribution in [2.75, 3.05) is 25.0 Å². The number of nitrogens with one attached hydrogen (secondary N) is 2. The Morgan fingerprint density at radius 3 is 2.58 bits per heavy atom. The average Bonchev–Trinajstić information content (AvgIpc) is 3.32. The minimum atomic E-state index is -4.85. The lowest BCUT2D eigenvalue weighted by atomic mass is 10.1. The largest absolute Gasteiger partial charge is 0.456 e. The number of aromatic nitrogens is 1. The molecule has 1 saturated heterocycles. The predicted molar refractivity (Wildman–Crippen MR) is 141 cm³/mol. The van der Waals surface area contributed by atoms with Crippen molar-refractivity contribution in [1.82, 2.24) is 14.6 Å². The minimum Gasteiger partial charge on any atom is -0.456 e.